The molecule has 1 aromatic rings. The number of nitrogens with zero attached hydrogens (tertiary/aromatic N) is 2. The Hall–Kier alpha value is -0.970. The molecule has 0 aromatic carbocycles. The van der Waals surface area contributed by atoms with Crippen LogP contribution in [0.15, 0.2) is 0 Å². The molecule has 0 saturated carbocycles. The van der Waals surface area contributed by atoms with Crippen LogP contribution < -0.4 is 0 Å². The maximum atomic E-state index is 12.9. The van der Waals surface area contributed by atoms with Crippen LogP contribution in [0.3, 0.4) is 0 Å². The van der Waals surface area contributed by atoms with E-state index in [4.69, 9.17) is 4.74 Å². The highest BCUT2D eigenvalue weighted by atomic mass is 19.1. The van der Waals surface area contributed by atoms with Gasteiger partial charge in [0, 0.05) is 6.61 Å². The molecule has 3 nitrogen and oxygen atoms in total. The largest absolute Gasteiger partial charge is 0.379 e. The van der Waals surface area contributed by atoms with Gasteiger partial charge in [0.05, 0.1) is 12.6 Å². The lowest BCUT2D eigenvalue weighted by molar-refractivity contribution is 0.0500. The van der Waals surface area contributed by atoms with E-state index in [2.05, 4.69) is 5.10 Å². The van der Waals surface area contributed by atoms with Crippen LogP contribution in [0.1, 0.15) is 18.9 Å². The molecule has 0 amide bonds. The molecule has 1 unspecified atom stereocenters. The van der Waals surface area contributed by atoms with Crippen LogP contribution in [0.4, 0.5) is 8.78 Å². The number of hydrogen-bond acceptors (Lipinski definition) is 2. The van der Waals surface area contributed by atoms with Crippen molar-refractivity contribution in [3.63, 3.8) is 0 Å². The summed E-state index contributed by atoms with van der Waals surface area (Å²) in [6.45, 7) is 1.08. The van der Waals surface area contributed by atoms with E-state index < -0.39 is 11.9 Å². The fourth-order valence-electron chi connectivity index (χ4n) is 1.46. The molecule has 0 aliphatic carbocycles. The quantitative estimate of drug-likeness (QED) is 0.662. The molecule has 1 aromatic heterocycles. The van der Waals surface area contributed by atoms with Crippen molar-refractivity contribution in [2.24, 2.45) is 0 Å². The standard InChI is InChI=1S/C8H9F2N2O/c9-7-4-8(10)12(11-7)6-2-1-3-13-5-6/h6H,1-3,5H2. The first kappa shape index (κ1) is 8.62. The molecule has 1 aliphatic heterocycles. The van der Waals surface area contributed by atoms with Gasteiger partial charge in [0.2, 0.25) is 11.9 Å². The van der Waals surface area contributed by atoms with E-state index in [1.165, 1.54) is 0 Å². The van der Waals surface area contributed by atoms with Crippen molar-refractivity contribution in [1.82, 2.24) is 9.78 Å². The first-order valence-corrected chi connectivity index (χ1v) is 4.18. The lowest BCUT2D eigenvalue weighted by atomic mass is 10.1. The summed E-state index contributed by atoms with van der Waals surface area (Å²) < 4.78 is 31.6. The topological polar surface area (TPSA) is 27.1 Å². The molecule has 2 rings (SSSR count). The number of hydrogen-bond donors (Lipinski definition) is 0. The van der Waals surface area contributed by atoms with Gasteiger partial charge in [-0.25, -0.2) is 4.68 Å². The molecule has 1 fully saturated rings. The van der Waals surface area contributed by atoms with Crippen LogP contribution in [0, 0.1) is 18.0 Å². The highest BCUT2D eigenvalue weighted by Gasteiger charge is 2.20. The zero-order chi connectivity index (χ0) is 9.26. The van der Waals surface area contributed by atoms with E-state index in [9.17, 15) is 8.78 Å². The van der Waals surface area contributed by atoms with Crippen molar-refractivity contribution >= 4 is 0 Å². The van der Waals surface area contributed by atoms with Gasteiger partial charge >= 0.3 is 0 Å². The minimum atomic E-state index is -0.900. The van der Waals surface area contributed by atoms with Crippen LogP contribution in [-0.2, 0) is 4.74 Å². The molecule has 2 heterocycles. The Bertz CT molecular complexity index is 294. The van der Waals surface area contributed by atoms with Gasteiger partial charge < -0.3 is 4.74 Å². The SMILES string of the molecule is Fc1[c]c(F)n(C2CCCOC2)n1. The second kappa shape index (κ2) is 3.41. The predicted molar refractivity (Wildman–Crippen MR) is 40.1 cm³/mol. The van der Waals surface area contributed by atoms with E-state index in [1.54, 1.807) is 0 Å². The smallest absolute Gasteiger partial charge is 0.243 e. The zero-order valence-corrected chi connectivity index (χ0v) is 6.96. The van der Waals surface area contributed by atoms with Crippen molar-refractivity contribution in [3.8, 4) is 0 Å². The van der Waals surface area contributed by atoms with Gasteiger partial charge in [0.1, 0.15) is 6.07 Å². The minimum Gasteiger partial charge on any atom is -0.379 e. The molecule has 0 spiro atoms. The highest BCUT2D eigenvalue weighted by Crippen LogP contribution is 2.19. The van der Waals surface area contributed by atoms with E-state index in [1.807, 2.05) is 6.07 Å². The Morgan fingerprint density at radius 2 is 2.38 bits per heavy atom. The average Bonchev–Trinajstić information content (AvgIpc) is 2.47. The molecule has 1 aliphatic rings. The van der Waals surface area contributed by atoms with Gasteiger partial charge in [0.25, 0.3) is 0 Å². The van der Waals surface area contributed by atoms with Crippen molar-refractivity contribution in [2.75, 3.05) is 13.2 Å². The van der Waals surface area contributed by atoms with Crippen LogP contribution in [0.5, 0.6) is 0 Å². The van der Waals surface area contributed by atoms with Crippen LogP contribution in [-0.4, -0.2) is 23.0 Å². The predicted octanol–water partition coefficient (Wildman–Crippen LogP) is 1.31. The minimum absolute atomic E-state index is 0.186. The summed E-state index contributed by atoms with van der Waals surface area (Å²) in [5.41, 5.74) is 0. The lowest BCUT2D eigenvalue weighted by Gasteiger charge is -2.22. The molecule has 5 heteroatoms. The first-order valence-electron chi connectivity index (χ1n) is 4.18. The van der Waals surface area contributed by atoms with Crippen LogP contribution >= 0.6 is 0 Å². The van der Waals surface area contributed by atoms with E-state index in [0.29, 0.717) is 13.2 Å². The Kier molecular flexibility index (Phi) is 2.26. The van der Waals surface area contributed by atoms with Crippen LogP contribution in [0.2, 0.25) is 0 Å². The van der Waals surface area contributed by atoms with Crippen LogP contribution in [0.25, 0.3) is 0 Å². The fourth-order valence-corrected chi connectivity index (χ4v) is 1.46. The Labute approximate surface area is 74.3 Å². The number of aromatic nitrogens is 2. The van der Waals surface area contributed by atoms with Gasteiger partial charge in [-0.2, -0.15) is 8.78 Å². The molecule has 13 heavy (non-hydrogen) atoms. The summed E-state index contributed by atoms with van der Waals surface area (Å²) in [6, 6.07) is 1.68. The summed E-state index contributed by atoms with van der Waals surface area (Å²) in [6.07, 6.45) is 1.62. The second-order valence-electron chi connectivity index (χ2n) is 3.02. The van der Waals surface area contributed by atoms with Crippen molar-refractivity contribution in [2.45, 2.75) is 18.9 Å². The third-order valence-electron chi connectivity index (χ3n) is 2.09. The molecule has 0 bridgehead atoms. The normalized spacial score (nSPS) is 23.4. The molecule has 71 valence electrons. The Morgan fingerprint density at radius 1 is 1.54 bits per heavy atom. The molecular weight excluding hydrogens is 178 g/mol. The van der Waals surface area contributed by atoms with Gasteiger partial charge in [-0.3, -0.25) is 0 Å². The third-order valence-corrected chi connectivity index (χ3v) is 2.09. The molecule has 1 radical (unpaired) electrons. The summed E-state index contributed by atoms with van der Waals surface area (Å²) in [5, 5.41) is 3.37. The highest BCUT2D eigenvalue weighted by molar-refractivity contribution is 4.86. The molecule has 0 N–H and O–H groups in total. The van der Waals surface area contributed by atoms with E-state index in [0.717, 1.165) is 17.5 Å². The lowest BCUT2D eigenvalue weighted by Crippen LogP contribution is -2.23. The molecular formula is C8H9F2N2O. The summed E-state index contributed by atoms with van der Waals surface area (Å²) in [4.78, 5) is 0. The molecule has 1 saturated heterocycles. The van der Waals surface area contributed by atoms with Crippen molar-refractivity contribution < 1.29 is 13.5 Å². The van der Waals surface area contributed by atoms with E-state index >= 15 is 0 Å². The fraction of sp³-hybridized carbons (Fsp3) is 0.625. The summed E-state index contributed by atoms with van der Waals surface area (Å²) in [7, 11) is 0. The first-order chi connectivity index (χ1) is 6.27. The van der Waals surface area contributed by atoms with Gasteiger partial charge in [-0.05, 0) is 12.8 Å². The Morgan fingerprint density at radius 3 is 2.92 bits per heavy atom. The van der Waals surface area contributed by atoms with E-state index in [-0.39, 0.29) is 6.04 Å². The zero-order valence-electron chi connectivity index (χ0n) is 6.96. The summed E-state index contributed by atoms with van der Waals surface area (Å²) >= 11 is 0. The van der Waals surface area contributed by atoms with Gasteiger partial charge in [0.15, 0.2) is 0 Å². The summed E-state index contributed by atoms with van der Waals surface area (Å²) in [5.74, 6) is -1.66. The van der Waals surface area contributed by atoms with Crippen molar-refractivity contribution in [1.29, 1.82) is 0 Å². The third kappa shape index (κ3) is 1.70. The number of rotatable bonds is 1. The Balaban J connectivity index is 2.18. The van der Waals surface area contributed by atoms with Crippen molar-refractivity contribution in [3.05, 3.63) is 18.0 Å². The molecule has 1 atom stereocenters. The monoisotopic (exact) mass is 187 g/mol. The second-order valence-corrected chi connectivity index (χ2v) is 3.02. The maximum Gasteiger partial charge on any atom is 0.243 e. The number of ether oxygens (including phenoxy) is 1. The van der Waals surface area contributed by atoms with Gasteiger partial charge in [-0.15, -0.1) is 5.10 Å². The van der Waals surface area contributed by atoms with Gasteiger partial charge in [-0.1, -0.05) is 0 Å². The number of halogens is 2. The average molecular weight is 187 g/mol. The maximum absolute atomic E-state index is 12.9.